The standard InChI is InChI=1S/C18H20BrNO4/c1-3-22-18-12(8-13(19)9-17(18)21-2)11-20-14-4-5-15-16(10-14)24-7-6-23-15/h4-5,8-10,20H,3,6-7,11H2,1-2H3. The van der Waals surface area contributed by atoms with Gasteiger partial charge in [-0.1, -0.05) is 15.9 Å². The molecular formula is C18H20BrNO4. The Morgan fingerprint density at radius 3 is 2.67 bits per heavy atom. The smallest absolute Gasteiger partial charge is 0.166 e. The molecule has 1 N–H and O–H groups in total. The fraction of sp³-hybridized carbons (Fsp3) is 0.333. The molecule has 0 radical (unpaired) electrons. The fourth-order valence-electron chi connectivity index (χ4n) is 2.56. The van der Waals surface area contributed by atoms with Gasteiger partial charge in [-0.3, -0.25) is 0 Å². The molecule has 0 saturated heterocycles. The second-order valence-corrected chi connectivity index (χ2v) is 6.16. The van der Waals surface area contributed by atoms with E-state index in [0.717, 1.165) is 33.0 Å². The Balaban J connectivity index is 1.80. The van der Waals surface area contributed by atoms with Gasteiger partial charge in [-0.15, -0.1) is 0 Å². The molecule has 0 atom stereocenters. The second-order valence-electron chi connectivity index (χ2n) is 5.24. The normalized spacial score (nSPS) is 12.6. The van der Waals surface area contributed by atoms with Crippen LogP contribution in [0.4, 0.5) is 5.69 Å². The van der Waals surface area contributed by atoms with E-state index in [1.807, 2.05) is 37.3 Å². The van der Waals surface area contributed by atoms with Crippen LogP contribution in [-0.2, 0) is 6.54 Å². The van der Waals surface area contributed by atoms with E-state index < -0.39 is 0 Å². The summed E-state index contributed by atoms with van der Waals surface area (Å²) >= 11 is 3.51. The van der Waals surface area contributed by atoms with Gasteiger partial charge >= 0.3 is 0 Å². The largest absolute Gasteiger partial charge is 0.493 e. The Bertz CT molecular complexity index is 720. The van der Waals surface area contributed by atoms with Crippen molar-refractivity contribution in [3.8, 4) is 23.0 Å². The molecule has 2 aromatic carbocycles. The summed E-state index contributed by atoms with van der Waals surface area (Å²) in [6.07, 6.45) is 0. The zero-order chi connectivity index (χ0) is 16.9. The number of nitrogens with one attached hydrogen (secondary N) is 1. The highest BCUT2D eigenvalue weighted by atomic mass is 79.9. The molecule has 0 bridgehead atoms. The molecule has 2 aromatic rings. The van der Waals surface area contributed by atoms with Crippen molar-refractivity contribution >= 4 is 21.6 Å². The fourth-order valence-corrected chi connectivity index (χ4v) is 3.05. The summed E-state index contributed by atoms with van der Waals surface area (Å²) in [5, 5.41) is 3.40. The lowest BCUT2D eigenvalue weighted by molar-refractivity contribution is 0.171. The van der Waals surface area contributed by atoms with Gasteiger partial charge in [0.05, 0.1) is 13.7 Å². The Hall–Kier alpha value is -2.08. The lowest BCUT2D eigenvalue weighted by atomic mass is 10.1. The van der Waals surface area contributed by atoms with Crippen molar-refractivity contribution in [3.63, 3.8) is 0 Å². The summed E-state index contributed by atoms with van der Waals surface area (Å²) in [6.45, 7) is 4.31. The highest BCUT2D eigenvalue weighted by molar-refractivity contribution is 9.10. The highest BCUT2D eigenvalue weighted by Crippen LogP contribution is 2.36. The van der Waals surface area contributed by atoms with Crippen molar-refractivity contribution in [2.75, 3.05) is 32.2 Å². The average Bonchev–Trinajstić information content (AvgIpc) is 2.61. The third-order valence-corrected chi connectivity index (χ3v) is 4.09. The molecule has 6 heteroatoms. The predicted octanol–water partition coefficient (Wildman–Crippen LogP) is 4.24. The summed E-state index contributed by atoms with van der Waals surface area (Å²) < 4.78 is 23.3. The SMILES string of the molecule is CCOc1c(CNc2ccc3c(c2)OCCO3)cc(Br)cc1OC. The van der Waals surface area contributed by atoms with Gasteiger partial charge in [0.15, 0.2) is 23.0 Å². The Kier molecular flexibility index (Phi) is 5.35. The van der Waals surface area contributed by atoms with Crippen LogP contribution in [0, 0.1) is 0 Å². The van der Waals surface area contributed by atoms with Crippen LogP contribution in [0.25, 0.3) is 0 Å². The monoisotopic (exact) mass is 393 g/mol. The molecule has 24 heavy (non-hydrogen) atoms. The van der Waals surface area contributed by atoms with Crippen molar-refractivity contribution < 1.29 is 18.9 Å². The van der Waals surface area contributed by atoms with Gasteiger partial charge in [0.2, 0.25) is 0 Å². The first kappa shape index (κ1) is 16.8. The Morgan fingerprint density at radius 2 is 1.92 bits per heavy atom. The number of rotatable bonds is 6. The van der Waals surface area contributed by atoms with Crippen molar-refractivity contribution in [2.24, 2.45) is 0 Å². The van der Waals surface area contributed by atoms with Crippen molar-refractivity contribution in [3.05, 3.63) is 40.4 Å². The molecule has 0 saturated carbocycles. The van der Waals surface area contributed by atoms with Crippen LogP contribution in [0.1, 0.15) is 12.5 Å². The first-order valence-electron chi connectivity index (χ1n) is 7.84. The third-order valence-electron chi connectivity index (χ3n) is 3.63. The quantitative estimate of drug-likeness (QED) is 0.794. The summed E-state index contributed by atoms with van der Waals surface area (Å²) in [4.78, 5) is 0. The van der Waals surface area contributed by atoms with Crippen LogP contribution in [0.2, 0.25) is 0 Å². The number of benzene rings is 2. The number of halogens is 1. The number of ether oxygens (including phenoxy) is 4. The number of hydrogen-bond donors (Lipinski definition) is 1. The van der Waals surface area contributed by atoms with Crippen molar-refractivity contribution in [1.82, 2.24) is 0 Å². The van der Waals surface area contributed by atoms with E-state index in [2.05, 4.69) is 21.2 Å². The first-order chi connectivity index (χ1) is 11.7. The Morgan fingerprint density at radius 1 is 1.12 bits per heavy atom. The molecular weight excluding hydrogens is 374 g/mol. The summed E-state index contributed by atoms with van der Waals surface area (Å²) in [7, 11) is 1.64. The molecule has 3 rings (SSSR count). The van der Waals surface area contributed by atoms with Crippen molar-refractivity contribution in [1.29, 1.82) is 0 Å². The molecule has 0 amide bonds. The molecule has 1 aliphatic heterocycles. The minimum Gasteiger partial charge on any atom is -0.493 e. The predicted molar refractivity (Wildman–Crippen MR) is 96.6 cm³/mol. The lowest BCUT2D eigenvalue weighted by Crippen LogP contribution is -2.15. The molecule has 0 aliphatic carbocycles. The van der Waals surface area contributed by atoms with E-state index in [4.69, 9.17) is 18.9 Å². The van der Waals surface area contributed by atoms with E-state index in [1.165, 1.54) is 0 Å². The molecule has 0 spiro atoms. The highest BCUT2D eigenvalue weighted by Gasteiger charge is 2.14. The van der Waals surface area contributed by atoms with Crippen LogP contribution in [-0.4, -0.2) is 26.9 Å². The van der Waals surface area contributed by atoms with Gasteiger partial charge in [0, 0.05) is 28.3 Å². The van der Waals surface area contributed by atoms with Gasteiger partial charge in [-0.05, 0) is 31.2 Å². The second kappa shape index (κ2) is 7.66. The minimum absolute atomic E-state index is 0.577. The maximum Gasteiger partial charge on any atom is 0.166 e. The molecule has 128 valence electrons. The van der Waals surface area contributed by atoms with Crippen LogP contribution >= 0.6 is 15.9 Å². The van der Waals surface area contributed by atoms with Crippen LogP contribution in [0.5, 0.6) is 23.0 Å². The molecule has 0 fully saturated rings. The summed E-state index contributed by atoms with van der Waals surface area (Å²) in [5.41, 5.74) is 1.97. The van der Waals surface area contributed by atoms with Crippen LogP contribution in [0.15, 0.2) is 34.8 Å². The first-order valence-corrected chi connectivity index (χ1v) is 8.63. The van der Waals surface area contributed by atoms with Gasteiger partial charge in [-0.25, -0.2) is 0 Å². The van der Waals surface area contributed by atoms with Crippen molar-refractivity contribution in [2.45, 2.75) is 13.5 Å². The topological polar surface area (TPSA) is 49.0 Å². The van der Waals surface area contributed by atoms with Crippen LogP contribution in [0.3, 0.4) is 0 Å². The third kappa shape index (κ3) is 3.70. The zero-order valence-corrected chi connectivity index (χ0v) is 15.3. The van der Waals surface area contributed by atoms with E-state index in [9.17, 15) is 0 Å². The molecule has 5 nitrogen and oxygen atoms in total. The molecule has 1 aliphatic rings. The Labute approximate surface area is 150 Å². The molecule has 0 aromatic heterocycles. The van der Waals surface area contributed by atoms with Gasteiger partial charge in [-0.2, -0.15) is 0 Å². The number of anilines is 1. The lowest BCUT2D eigenvalue weighted by Gasteiger charge is -2.20. The average molecular weight is 394 g/mol. The molecule has 1 heterocycles. The maximum atomic E-state index is 5.76. The van der Waals surface area contributed by atoms with Gasteiger partial charge < -0.3 is 24.3 Å². The number of hydrogen-bond acceptors (Lipinski definition) is 5. The minimum atomic E-state index is 0.577. The molecule has 0 unspecified atom stereocenters. The van der Waals surface area contributed by atoms with Gasteiger partial charge in [0.1, 0.15) is 13.2 Å². The number of fused-ring (bicyclic) bond motifs is 1. The van der Waals surface area contributed by atoms with Gasteiger partial charge in [0.25, 0.3) is 0 Å². The number of methoxy groups -OCH3 is 1. The zero-order valence-electron chi connectivity index (χ0n) is 13.7. The summed E-state index contributed by atoms with van der Waals surface area (Å²) in [5.74, 6) is 3.02. The van der Waals surface area contributed by atoms with E-state index >= 15 is 0 Å². The summed E-state index contributed by atoms with van der Waals surface area (Å²) in [6, 6.07) is 9.77. The van der Waals surface area contributed by atoms with E-state index in [0.29, 0.717) is 32.1 Å². The van der Waals surface area contributed by atoms with E-state index in [-0.39, 0.29) is 0 Å². The van der Waals surface area contributed by atoms with Crippen LogP contribution < -0.4 is 24.3 Å². The maximum absolute atomic E-state index is 5.76. The van der Waals surface area contributed by atoms with E-state index in [1.54, 1.807) is 7.11 Å².